The van der Waals surface area contributed by atoms with Gasteiger partial charge in [-0.2, -0.15) is 0 Å². The maximum absolute atomic E-state index is 12.3. The van der Waals surface area contributed by atoms with Crippen LogP contribution >= 0.6 is 0 Å². The predicted molar refractivity (Wildman–Crippen MR) is 86.1 cm³/mol. The third kappa shape index (κ3) is 5.57. The van der Waals surface area contributed by atoms with Crippen molar-refractivity contribution in [2.24, 2.45) is 5.92 Å². The van der Waals surface area contributed by atoms with Crippen LogP contribution < -0.4 is 5.32 Å². The summed E-state index contributed by atoms with van der Waals surface area (Å²) in [4.78, 5) is 36.5. The highest BCUT2D eigenvalue weighted by Gasteiger charge is 2.39. The maximum Gasteiger partial charge on any atom is 0.407 e. The molecule has 1 N–H and O–H groups in total. The summed E-state index contributed by atoms with van der Waals surface area (Å²) in [7, 11) is 0. The molecule has 0 aliphatic carbocycles. The van der Waals surface area contributed by atoms with Crippen molar-refractivity contribution in [3.63, 3.8) is 0 Å². The van der Waals surface area contributed by atoms with Gasteiger partial charge in [-0.05, 0) is 26.3 Å². The molecule has 0 aliphatic rings. The minimum absolute atomic E-state index is 0.107. The van der Waals surface area contributed by atoms with Crippen LogP contribution in [0.3, 0.4) is 0 Å². The van der Waals surface area contributed by atoms with Crippen molar-refractivity contribution in [3.05, 3.63) is 35.9 Å². The van der Waals surface area contributed by atoms with Crippen LogP contribution in [0.25, 0.3) is 0 Å². The molecule has 1 aromatic carbocycles. The molecule has 7 heteroatoms. The molecule has 0 heterocycles. The number of nitrogens with one attached hydrogen (secondary N) is 1. The first-order chi connectivity index (χ1) is 11.5. The van der Waals surface area contributed by atoms with Crippen LogP contribution in [-0.4, -0.2) is 37.9 Å². The average molecular weight is 337 g/mol. The van der Waals surface area contributed by atoms with Crippen molar-refractivity contribution < 1.29 is 28.6 Å². The number of rotatable bonds is 8. The molecule has 0 unspecified atom stereocenters. The standard InChI is InChI=1S/C17H23NO6/c1-4-22-15(19)13(16(20)23-5-2)14(18-17(21)24-6-3)12-10-8-7-9-11-12/h7-11,13-14H,4-6H2,1-3H3,(H,18,21)/t14-/m0/s1. The lowest BCUT2D eigenvalue weighted by molar-refractivity contribution is -0.163. The van der Waals surface area contributed by atoms with E-state index in [4.69, 9.17) is 14.2 Å². The average Bonchev–Trinajstić information content (AvgIpc) is 2.56. The van der Waals surface area contributed by atoms with Crippen molar-refractivity contribution in [2.45, 2.75) is 26.8 Å². The molecule has 0 saturated carbocycles. The summed E-state index contributed by atoms with van der Waals surface area (Å²) in [5.74, 6) is -2.85. The maximum atomic E-state index is 12.3. The van der Waals surface area contributed by atoms with Gasteiger partial charge in [-0.25, -0.2) is 4.79 Å². The molecule has 0 saturated heterocycles. The molecule has 0 fully saturated rings. The van der Waals surface area contributed by atoms with Crippen LogP contribution in [0.1, 0.15) is 32.4 Å². The lowest BCUT2D eigenvalue weighted by Gasteiger charge is -2.25. The highest BCUT2D eigenvalue weighted by molar-refractivity contribution is 5.96. The van der Waals surface area contributed by atoms with E-state index < -0.39 is 30.0 Å². The van der Waals surface area contributed by atoms with E-state index in [1.54, 1.807) is 51.1 Å². The van der Waals surface area contributed by atoms with E-state index in [0.717, 1.165) is 0 Å². The minimum atomic E-state index is -1.32. The molecule has 1 atom stereocenters. The van der Waals surface area contributed by atoms with E-state index in [2.05, 4.69) is 5.32 Å². The van der Waals surface area contributed by atoms with Gasteiger partial charge in [0.05, 0.1) is 25.9 Å². The molecule has 7 nitrogen and oxygen atoms in total. The van der Waals surface area contributed by atoms with Gasteiger partial charge in [-0.3, -0.25) is 9.59 Å². The number of carbonyl (C=O) groups is 3. The number of esters is 2. The molecule has 0 aliphatic heterocycles. The van der Waals surface area contributed by atoms with Crippen molar-refractivity contribution in [2.75, 3.05) is 19.8 Å². The van der Waals surface area contributed by atoms with Crippen molar-refractivity contribution in [1.29, 1.82) is 0 Å². The monoisotopic (exact) mass is 337 g/mol. The quantitative estimate of drug-likeness (QED) is 0.444. The fourth-order valence-corrected chi connectivity index (χ4v) is 2.15. The number of alkyl carbamates (subject to hydrolysis) is 1. The van der Waals surface area contributed by atoms with Gasteiger partial charge < -0.3 is 19.5 Å². The number of benzene rings is 1. The molecule has 0 bridgehead atoms. The second-order valence-corrected chi connectivity index (χ2v) is 4.73. The van der Waals surface area contributed by atoms with Gasteiger partial charge in [0.15, 0.2) is 5.92 Å². The Morgan fingerprint density at radius 3 is 1.83 bits per heavy atom. The smallest absolute Gasteiger partial charge is 0.407 e. The van der Waals surface area contributed by atoms with E-state index in [1.807, 2.05) is 0 Å². The summed E-state index contributed by atoms with van der Waals surface area (Å²) >= 11 is 0. The third-order valence-electron chi connectivity index (χ3n) is 3.12. The molecule has 1 rings (SSSR count). The molecule has 0 radical (unpaired) electrons. The van der Waals surface area contributed by atoms with Gasteiger partial charge >= 0.3 is 18.0 Å². The van der Waals surface area contributed by atoms with E-state index in [-0.39, 0.29) is 19.8 Å². The molecule has 0 aromatic heterocycles. The molecule has 132 valence electrons. The van der Waals surface area contributed by atoms with Gasteiger partial charge in [-0.15, -0.1) is 0 Å². The van der Waals surface area contributed by atoms with E-state index in [0.29, 0.717) is 5.56 Å². The normalized spacial score (nSPS) is 11.5. The Morgan fingerprint density at radius 1 is 0.875 bits per heavy atom. The fourth-order valence-electron chi connectivity index (χ4n) is 2.15. The van der Waals surface area contributed by atoms with Crippen molar-refractivity contribution in [3.8, 4) is 0 Å². The zero-order valence-electron chi connectivity index (χ0n) is 14.1. The SMILES string of the molecule is CCOC(=O)N[C@@H](c1ccccc1)C(C(=O)OCC)C(=O)OCC. The Labute approximate surface area is 141 Å². The third-order valence-corrected chi connectivity index (χ3v) is 3.12. The Bertz CT molecular complexity index is 527. The van der Waals surface area contributed by atoms with Crippen LogP contribution in [0.15, 0.2) is 30.3 Å². The molecular weight excluding hydrogens is 314 g/mol. The van der Waals surface area contributed by atoms with Crippen LogP contribution in [0.4, 0.5) is 4.79 Å². The Balaban J connectivity index is 3.20. The van der Waals surface area contributed by atoms with Crippen LogP contribution in [0.5, 0.6) is 0 Å². The molecule has 1 amide bonds. The second-order valence-electron chi connectivity index (χ2n) is 4.73. The summed E-state index contributed by atoms with van der Waals surface area (Å²) in [5.41, 5.74) is 0.566. The number of carbonyl (C=O) groups excluding carboxylic acids is 3. The second kappa shape index (κ2) is 10.3. The number of hydrogen-bond acceptors (Lipinski definition) is 6. The molecule has 24 heavy (non-hydrogen) atoms. The first kappa shape index (κ1) is 19.5. The van der Waals surface area contributed by atoms with Crippen LogP contribution in [0.2, 0.25) is 0 Å². The van der Waals surface area contributed by atoms with Gasteiger partial charge in [0.2, 0.25) is 0 Å². The summed E-state index contributed by atoms with van der Waals surface area (Å²) in [6.45, 7) is 5.31. The molecular formula is C17H23NO6. The predicted octanol–water partition coefficient (Wildman–Crippen LogP) is 2.22. The number of amides is 1. The lowest BCUT2D eigenvalue weighted by Crippen LogP contribution is -2.42. The van der Waals surface area contributed by atoms with E-state index in [9.17, 15) is 14.4 Å². The Hall–Kier alpha value is -2.57. The highest BCUT2D eigenvalue weighted by Crippen LogP contribution is 2.25. The van der Waals surface area contributed by atoms with E-state index in [1.165, 1.54) is 0 Å². The van der Waals surface area contributed by atoms with E-state index >= 15 is 0 Å². The topological polar surface area (TPSA) is 90.9 Å². The molecule has 0 spiro atoms. The first-order valence-corrected chi connectivity index (χ1v) is 7.86. The summed E-state index contributed by atoms with van der Waals surface area (Å²) in [6.07, 6.45) is -0.732. The first-order valence-electron chi connectivity index (χ1n) is 7.86. The van der Waals surface area contributed by atoms with Gasteiger partial charge in [0.1, 0.15) is 0 Å². The zero-order valence-corrected chi connectivity index (χ0v) is 14.1. The van der Waals surface area contributed by atoms with Gasteiger partial charge in [0, 0.05) is 0 Å². The van der Waals surface area contributed by atoms with Crippen LogP contribution in [0, 0.1) is 5.92 Å². The van der Waals surface area contributed by atoms with Crippen molar-refractivity contribution in [1.82, 2.24) is 5.32 Å². The Kier molecular flexibility index (Phi) is 8.32. The Morgan fingerprint density at radius 2 is 1.38 bits per heavy atom. The van der Waals surface area contributed by atoms with Crippen LogP contribution in [-0.2, 0) is 23.8 Å². The molecule has 1 aromatic rings. The number of ether oxygens (including phenoxy) is 3. The van der Waals surface area contributed by atoms with Gasteiger partial charge in [0.25, 0.3) is 0 Å². The zero-order chi connectivity index (χ0) is 17.9. The summed E-state index contributed by atoms with van der Waals surface area (Å²) in [5, 5.41) is 2.55. The largest absolute Gasteiger partial charge is 0.465 e. The lowest BCUT2D eigenvalue weighted by atomic mass is 9.93. The summed E-state index contributed by atoms with van der Waals surface area (Å²) in [6, 6.07) is 7.70. The number of hydrogen-bond donors (Lipinski definition) is 1. The van der Waals surface area contributed by atoms with Gasteiger partial charge in [-0.1, -0.05) is 30.3 Å². The highest BCUT2D eigenvalue weighted by atomic mass is 16.6. The fraction of sp³-hybridized carbons (Fsp3) is 0.471. The summed E-state index contributed by atoms with van der Waals surface area (Å²) < 4.78 is 14.8. The minimum Gasteiger partial charge on any atom is -0.465 e. The van der Waals surface area contributed by atoms with Crippen molar-refractivity contribution >= 4 is 18.0 Å².